The molecule has 0 amide bonds. The van der Waals surface area contributed by atoms with Crippen molar-refractivity contribution in [3.05, 3.63) is 92.7 Å². The molecule has 0 aliphatic carbocycles. The van der Waals surface area contributed by atoms with Crippen molar-refractivity contribution in [2.45, 2.75) is 13.2 Å². The van der Waals surface area contributed by atoms with Crippen molar-refractivity contribution in [3.63, 3.8) is 0 Å². The standard InChI is InChI=1S/C23H23ClFN3O4.ClH/c1-31-23-12-16(2-9-22(23)32-15-17-3-4-18(25)13-21(17)24)14-26-10-11-27-19-5-7-20(8-6-19)28(29)30;/h2-9,12-13,26-27H,10-11,14-15H2,1H3;1H. The van der Waals surface area contributed by atoms with Crippen LogP contribution in [0.15, 0.2) is 60.7 Å². The molecule has 0 aliphatic heterocycles. The van der Waals surface area contributed by atoms with Gasteiger partial charge in [0.1, 0.15) is 12.4 Å². The summed E-state index contributed by atoms with van der Waals surface area (Å²) in [6, 6.07) is 16.1. The quantitative estimate of drug-likeness (QED) is 0.204. The Morgan fingerprint density at radius 3 is 2.45 bits per heavy atom. The summed E-state index contributed by atoms with van der Waals surface area (Å²) in [7, 11) is 1.57. The zero-order valence-corrected chi connectivity index (χ0v) is 19.4. The minimum absolute atomic E-state index is 0. The largest absolute Gasteiger partial charge is 0.493 e. The predicted molar refractivity (Wildman–Crippen MR) is 129 cm³/mol. The van der Waals surface area contributed by atoms with E-state index in [1.807, 2.05) is 18.2 Å². The molecule has 0 saturated heterocycles. The maximum Gasteiger partial charge on any atom is 0.269 e. The number of hydrogen-bond acceptors (Lipinski definition) is 6. The van der Waals surface area contributed by atoms with E-state index in [0.29, 0.717) is 41.7 Å². The Bertz CT molecular complexity index is 1070. The van der Waals surface area contributed by atoms with E-state index in [1.54, 1.807) is 25.3 Å². The highest BCUT2D eigenvalue weighted by atomic mass is 35.5. The van der Waals surface area contributed by atoms with Gasteiger partial charge in [0.15, 0.2) is 11.5 Å². The molecule has 0 bridgehead atoms. The lowest BCUT2D eigenvalue weighted by Crippen LogP contribution is -2.21. The van der Waals surface area contributed by atoms with Crippen LogP contribution in [0.1, 0.15) is 11.1 Å². The second-order valence-electron chi connectivity index (χ2n) is 6.92. The molecule has 0 heterocycles. The molecule has 0 spiro atoms. The lowest BCUT2D eigenvalue weighted by Gasteiger charge is -2.13. The van der Waals surface area contributed by atoms with Gasteiger partial charge in [-0.05, 0) is 42.0 Å². The summed E-state index contributed by atoms with van der Waals surface area (Å²) < 4.78 is 24.4. The van der Waals surface area contributed by atoms with Gasteiger partial charge in [-0.2, -0.15) is 0 Å². The summed E-state index contributed by atoms with van der Waals surface area (Å²) in [4.78, 5) is 10.3. The number of methoxy groups -OCH3 is 1. The first-order valence-electron chi connectivity index (χ1n) is 9.89. The molecule has 0 radical (unpaired) electrons. The Labute approximate surface area is 202 Å². The second-order valence-corrected chi connectivity index (χ2v) is 7.32. The van der Waals surface area contributed by atoms with Gasteiger partial charge < -0.3 is 20.1 Å². The zero-order valence-electron chi connectivity index (χ0n) is 17.8. The molecule has 0 fully saturated rings. The number of nitro groups is 1. The van der Waals surface area contributed by atoms with E-state index in [-0.39, 0.29) is 24.7 Å². The molecular weight excluding hydrogens is 472 g/mol. The lowest BCUT2D eigenvalue weighted by molar-refractivity contribution is -0.384. The monoisotopic (exact) mass is 495 g/mol. The van der Waals surface area contributed by atoms with Gasteiger partial charge in [-0.15, -0.1) is 12.4 Å². The van der Waals surface area contributed by atoms with Crippen LogP contribution in [-0.4, -0.2) is 25.1 Å². The molecule has 3 aromatic carbocycles. The fraction of sp³-hybridized carbons (Fsp3) is 0.217. The first-order chi connectivity index (χ1) is 15.5. The number of rotatable bonds is 11. The predicted octanol–water partition coefficient (Wildman–Crippen LogP) is 5.60. The highest BCUT2D eigenvalue weighted by molar-refractivity contribution is 6.31. The van der Waals surface area contributed by atoms with Crippen molar-refractivity contribution in [2.75, 3.05) is 25.5 Å². The van der Waals surface area contributed by atoms with Crippen molar-refractivity contribution in [1.82, 2.24) is 5.32 Å². The van der Waals surface area contributed by atoms with Gasteiger partial charge in [0, 0.05) is 43.0 Å². The topological polar surface area (TPSA) is 85.7 Å². The van der Waals surface area contributed by atoms with E-state index in [1.165, 1.54) is 24.3 Å². The molecule has 0 atom stereocenters. The number of benzene rings is 3. The highest BCUT2D eigenvalue weighted by Gasteiger charge is 2.09. The number of nitrogens with one attached hydrogen (secondary N) is 2. The molecular formula is C23H24Cl2FN3O4. The normalized spacial score (nSPS) is 10.3. The van der Waals surface area contributed by atoms with Crippen LogP contribution in [0.4, 0.5) is 15.8 Å². The number of nitro benzene ring substituents is 1. The minimum atomic E-state index is -0.423. The third-order valence-electron chi connectivity index (χ3n) is 4.66. The van der Waals surface area contributed by atoms with Gasteiger partial charge in [-0.1, -0.05) is 23.7 Å². The molecule has 7 nitrogen and oxygen atoms in total. The average Bonchev–Trinajstić information content (AvgIpc) is 2.79. The van der Waals surface area contributed by atoms with Crippen molar-refractivity contribution in [1.29, 1.82) is 0 Å². The highest BCUT2D eigenvalue weighted by Crippen LogP contribution is 2.29. The summed E-state index contributed by atoms with van der Waals surface area (Å²) in [5, 5.41) is 17.5. The SMILES string of the molecule is COc1cc(CNCCNc2ccc([N+](=O)[O-])cc2)ccc1OCc1ccc(F)cc1Cl.Cl. The summed E-state index contributed by atoms with van der Waals surface area (Å²) in [5.41, 5.74) is 2.59. The Hall–Kier alpha value is -3.07. The molecule has 0 aliphatic rings. The van der Waals surface area contributed by atoms with Crippen LogP contribution in [0, 0.1) is 15.9 Å². The molecule has 0 saturated carbocycles. The third kappa shape index (κ3) is 7.78. The van der Waals surface area contributed by atoms with Crippen LogP contribution in [-0.2, 0) is 13.2 Å². The molecule has 0 unspecified atom stereocenters. The van der Waals surface area contributed by atoms with Crippen molar-refractivity contribution in [3.8, 4) is 11.5 Å². The van der Waals surface area contributed by atoms with Crippen LogP contribution in [0.25, 0.3) is 0 Å². The van der Waals surface area contributed by atoms with Crippen molar-refractivity contribution in [2.24, 2.45) is 0 Å². The third-order valence-corrected chi connectivity index (χ3v) is 5.02. The van der Waals surface area contributed by atoms with E-state index in [0.717, 1.165) is 11.3 Å². The Balaban J connectivity index is 0.00000385. The first kappa shape index (κ1) is 26.2. The van der Waals surface area contributed by atoms with Gasteiger partial charge in [0.2, 0.25) is 0 Å². The summed E-state index contributed by atoms with van der Waals surface area (Å²) in [6.07, 6.45) is 0. The lowest BCUT2D eigenvalue weighted by atomic mass is 10.2. The van der Waals surface area contributed by atoms with Gasteiger partial charge in [-0.3, -0.25) is 10.1 Å². The molecule has 33 heavy (non-hydrogen) atoms. The molecule has 2 N–H and O–H groups in total. The minimum Gasteiger partial charge on any atom is -0.493 e. The van der Waals surface area contributed by atoms with Crippen molar-refractivity contribution < 1.29 is 18.8 Å². The number of halogens is 3. The number of non-ortho nitro benzene ring substituents is 1. The Morgan fingerprint density at radius 1 is 1.03 bits per heavy atom. The van der Waals surface area contributed by atoms with Crippen LogP contribution in [0.2, 0.25) is 5.02 Å². The average molecular weight is 496 g/mol. The molecule has 176 valence electrons. The van der Waals surface area contributed by atoms with E-state index < -0.39 is 10.7 Å². The second kappa shape index (κ2) is 12.8. The van der Waals surface area contributed by atoms with Crippen LogP contribution >= 0.6 is 24.0 Å². The van der Waals surface area contributed by atoms with Crippen molar-refractivity contribution >= 4 is 35.4 Å². The van der Waals surface area contributed by atoms with E-state index in [9.17, 15) is 14.5 Å². The van der Waals surface area contributed by atoms with E-state index >= 15 is 0 Å². The smallest absolute Gasteiger partial charge is 0.269 e. The Kier molecular flexibility index (Phi) is 10.2. The first-order valence-corrected chi connectivity index (χ1v) is 10.3. The van der Waals surface area contributed by atoms with E-state index in [4.69, 9.17) is 21.1 Å². The maximum absolute atomic E-state index is 13.2. The number of anilines is 1. The van der Waals surface area contributed by atoms with Crippen LogP contribution in [0.5, 0.6) is 11.5 Å². The van der Waals surface area contributed by atoms with Gasteiger partial charge in [0.05, 0.1) is 17.1 Å². The fourth-order valence-corrected chi connectivity index (χ4v) is 3.19. The summed E-state index contributed by atoms with van der Waals surface area (Å²) in [6.45, 7) is 2.18. The van der Waals surface area contributed by atoms with Gasteiger partial charge >= 0.3 is 0 Å². The number of ether oxygens (including phenoxy) is 2. The molecule has 0 aromatic heterocycles. The number of nitrogens with zero attached hydrogens (tertiary/aromatic N) is 1. The number of hydrogen-bond donors (Lipinski definition) is 2. The zero-order chi connectivity index (χ0) is 22.9. The summed E-state index contributed by atoms with van der Waals surface area (Å²) >= 11 is 6.04. The van der Waals surface area contributed by atoms with Crippen LogP contribution < -0.4 is 20.1 Å². The van der Waals surface area contributed by atoms with E-state index in [2.05, 4.69) is 10.6 Å². The van der Waals surface area contributed by atoms with Crippen LogP contribution in [0.3, 0.4) is 0 Å². The van der Waals surface area contributed by atoms with Gasteiger partial charge in [0.25, 0.3) is 5.69 Å². The summed E-state index contributed by atoms with van der Waals surface area (Å²) in [5.74, 6) is 0.763. The molecule has 3 aromatic rings. The molecule has 10 heteroatoms. The molecule has 3 rings (SSSR count). The maximum atomic E-state index is 13.2. The fourth-order valence-electron chi connectivity index (χ4n) is 2.96. The Morgan fingerprint density at radius 2 is 1.79 bits per heavy atom. The van der Waals surface area contributed by atoms with Gasteiger partial charge in [-0.25, -0.2) is 4.39 Å².